The zero-order valence-electron chi connectivity index (χ0n) is 23.7. The molecule has 2 saturated heterocycles. The fourth-order valence-electron chi connectivity index (χ4n) is 4.90. The van der Waals surface area contributed by atoms with Crippen LogP contribution in [-0.4, -0.2) is 84.9 Å². The summed E-state index contributed by atoms with van der Waals surface area (Å²) in [4.78, 5) is 76.5. The number of thioether (sulfide) groups is 1. The van der Waals surface area contributed by atoms with Gasteiger partial charge in [0.15, 0.2) is 0 Å². The molecule has 234 valence electrons. The number of carbonyl (C=O) groups is 5. The largest absolute Gasteiger partial charge is 0.508 e. The zero-order chi connectivity index (χ0) is 32.3. The zero-order valence-corrected chi connectivity index (χ0v) is 25.3. The molecule has 5 atom stereocenters. The minimum absolute atomic E-state index is 0.103. The number of benzene rings is 2. The van der Waals surface area contributed by atoms with Gasteiger partial charge in [-0.05, 0) is 49.6 Å². The quantitative estimate of drug-likeness (QED) is 0.0820. The number of para-hydroxylation sites is 1. The maximum atomic E-state index is 13.6. The summed E-state index contributed by atoms with van der Waals surface area (Å²) in [5.74, 6) is -3.97. The summed E-state index contributed by atoms with van der Waals surface area (Å²) in [5.41, 5.74) is 0.0212. The van der Waals surface area contributed by atoms with Crippen LogP contribution in [0.5, 0.6) is 5.75 Å². The van der Waals surface area contributed by atoms with Crippen molar-refractivity contribution in [3.05, 3.63) is 64.2 Å². The van der Waals surface area contributed by atoms with E-state index in [0.717, 1.165) is 11.9 Å². The number of phenols is 1. The third-order valence-electron chi connectivity index (χ3n) is 7.11. The molecule has 2 aromatic carbocycles. The van der Waals surface area contributed by atoms with E-state index in [0.29, 0.717) is 0 Å². The second-order valence-corrected chi connectivity index (χ2v) is 13.1. The molecule has 2 fully saturated rings. The van der Waals surface area contributed by atoms with Crippen molar-refractivity contribution in [3.8, 4) is 5.75 Å². The molecule has 4 amide bonds. The monoisotopic (exact) mass is 646 g/mol. The van der Waals surface area contributed by atoms with Gasteiger partial charge in [-0.25, -0.2) is 9.52 Å². The van der Waals surface area contributed by atoms with Crippen molar-refractivity contribution in [1.82, 2.24) is 25.6 Å². The number of phenolic OH excluding ortho intramolecular Hbond substituents is 1. The number of amides is 4. The molecular formula is C27H30N6O9S2. The summed E-state index contributed by atoms with van der Waals surface area (Å²) in [7, 11) is 1.37. The van der Waals surface area contributed by atoms with Gasteiger partial charge in [0, 0.05) is 17.9 Å². The molecule has 0 spiro atoms. The Balaban J connectivity index is 1.55. The predicted molar refractivity (Wildman–Crippen MR) is 159 cm³/mol. The van der Waals surface area contributed by atoms with Crippen molar-refractivity contribution >= 4 is 59.0 Å². The van der Waals surface area contributed by atoms with Crippen LogP contribution in [-0.2, 0) is 24.0 Å². The number of nitro benzene ring substituents is 1. The fraction of sp³-hybridized carbons (Fsp3) is 0.370. The van der Waals surface area contributed by atoms with Crippen molar-refractivity contribution in [2.75, 3.05) is 7.05 Å². The van der Waals surface area contributed by atoms with Crippen molar-refractivity contribution in [1.29, 1.82) is 0 Å². The van der Waals surface area contributed by atoms with Crippen LogP contribution in [0.15, 0.2) is 53.4 Å². The maximum absolute atomic E-state index is 13.6. The van der Waals surface area contributed by atoms with Crippen molar-refractivity contribution in [2.45, 2.75) is 59.5 Å². The van der Waals surface area contributed by atoms with Crippen LogP contribution < -0.4 is 20.7 Å². The average molecular weight is 647 g/mol. The van der Waals surface area contributed by atoms with Gasteiger partial charge in [-0.2, -0.15) is 0 Å². The molecule has 2 aromatic rings. The highest BCUT2D eigenvalue weighted by Gasteiger charge is 2.64. The summed E-state index contributed by atoms with van der Waals surface area (Å²) in [5, 5.41) is 37.8. The van der Waals surface area contributed by atoms with Crippen LogP contribution in [0.25, 0.3) is 0 Å². The van der Waals surface area contributed by atoms with Gasteiger partial charge in [-0.1, -0.05) is 24.3 Å². The first-order chi connectivity index (χ1) is 20.7. The van der Waals surface area contributed by atoms with E-state index in [1.54, 1.807) is 19.9 Å². The number of carboxylic acids is 1. The Morgan fingerprint density at radius 3 is 2.39 bits per heavy atom. The Morgan fingerprint density at radius 2 is 1.77 bits per heavy atom. The van der Waals surface area contributed by atoms with Crippen LogP contribution in [0.1, 0.15) is 31.9 Å². The first-order valence-electron chi connectivity index (χ1n) is 13.2. The number of nitrogens with one attached hydrogen (secondary N) is 4. The Kier molecular flexibility index (Phi) is 9.70. The number of fused-ring (bicyclic) bond motifs is 1. The van der Waals surface area contributed by atoms with E-state index in [9.17, 15) is 44.3 Å². The van der Waals surface area contributed by atoms with Gasteiger partial charge in [-0.15, -0.1) is 11.8 Å². The smallest absolute Gasteiger partial charge is 0.327 e. The van der Waals surface area contributed by atoms with E-state index < -0.39 is 68.8 Å². The number of hydrogen-bond donors (Lipinski definition) is 6. The molecule has 0 saturated carbocycles. The van der Waals surface area contributed by atoms with Crippen LogP contribution in [0.4, 0.5) is 5.69 Å². The van der Waals surface area contributed by atoms with Crippen LogP contribution in [0.2, 0.25) is 0 Å². The molecule has 0 aromatic heterocycles. The van der Waals surface area contributed by atoms with E-state index in [4.69, 9.17) is 0 Å². The predicted octanol–water partition coefficient (Wildman–Crippen LogP) is 0.891. The lowest BCUT2D eigenvalue weighted by molar-refractivity contribution is -0.387. The standard InChI is InChI=1S/C27H30N6O9S2/c1-27(2)21(26(39)40)32-24(38)20(25(32)43-27)30-23(37)19(13-8-10-14(34)11-9-13)29-22(36)15(12-18(35)28-3)31-44-17-7-5-4-6-16(17)33(41)42/h4-11,15,19-21,25,31,34H,12H2,1-3H3,(H,28,35)(H,29,36)(H,30,37)(H,39,40)/t15-,19-,20-,21+,25-/m1/s1. The van der Waals surface area contributed by atoms with Crippen LogP contribution in [0.3, 0.4) is 0 Å². The Hall–Kier alpha value is -4.35. The highest BCUT2D eigenvalue weighted by Crippen LogP contribution is 2.50. The number of rotatable bonds is 12. The minimum Gasteiger partial charge on any atom is -0.508 e. The minimum atomic E-state index is -1.40. The molecule has 0 unspecified atom stereocenters. The molecule has 0 bridgehead atoms. The maximum Gasteiger partial charge on any atom is 0.327 e. The summed E-state index contributed by atoms with van der Waals surface area (Å²) >= 11 is 2.00. The second-order valence-electron chi connectivity index (χ2n) is 10.5. The number of nitro groups is 1. The highest BCUT2D eigenvalue weighted by molar-refractivity contribution is 8.01. The Labute approximate surface area is 259 Å². The Morgan fingerprint density at radius 1 is 1.11 bits per heavy atom. The fourth-order valence-corrected chi connectivity index (χ4v) is 7.37. The van der Waals surface area contributed by atoms with Crippen molar-refractivity contribution in [2.24, 2.45) is 0 Å². The average Bonchev–Trinajstić information content (AvgIpc) is 3.24. The third-order valence-corrected chi connectivity index (χ3v) is 9.64. The summed E-state index contributed by atoms with van der Waals surface area (Å²) in [6.45, 7) is 3.39. The molecule has 15 nitrogen and oxygen atoms in total. The normalized spacial score (nSPS) is 21.3. The molecular weight excluding hydrogens is 616 g/mol. The van der Waals surface area contributed by atoms with Gasteiger partial charge in [0.25, 0.3) is 5.69 Å². The molecule has 2 aliphatic rings. The number of hydrogen-bond acceptors (Lipinski definition) is 11. The number of carboxylic acid groups (broad SMARTS) is 1. The summed E-state index contributed by atoms with van der Waals surface area (Å²) < 4.78 is 1.95. The third kappa shape index (κ3) is 6.74. The number of aliphatic carboxylic acids is 1. The van der Waals surface area contributed by atoms with Gasteiger partial charge in [0.2, 0.25) is 23.6 Å². The lowest BCUT2D eigenvalue weighted by atomic mass is 9.95. The van der Waals surface area contributed by atoms with E-state index in [-0.39, 0.29) is 28.3 Å². The summed E-state index contributed by atoms with van der Waals surface area (Å²) in [6.07, 6.45) is -0.389. The van der Waals surface area contributed by atoms with Crippen LogP contribution >= 0.6 is 23.7 Å². The molecule has 6 N–H and O–H groups in total. The van der Waals surface area contributed by atoms with Crippen LogP contribution in [0, 0.1) is 10.1 Å². The molecule has 0 aliphatic carbocycles. The number of carbonyl (C=O) groups excluding carboxylic acids is 4. The lowest BCUT2D eigenvalue weighted by Gasteiger charge is -2.44. The molecule has 4 rings (SSSR count). The summed E-state index contributed by atoms with van der Waals surface area (Å²) in [6, 6.07) is 6.39. The number of aromatic hydroxyl groups is 1. The van der Waals surface area contributed by atoms with Crippen molar-refractivity contribution < 1.29 is 39.1 Å². The van der Waals surface area contributed by atoms with E-state index >= 15 is 0 Å². The molecule has 17 heteroatoms. The van der Waals surface area contributed by atoms with E-state index in [1.807, 2.05) is 0 Å². The van der Waals surface area contributed by atoms with Gasteiger partial charge in [0.05, 0.1) is 11.3 Å². The number of nitrogens with zero attached hydrogens (tertiary/aromatic N) is 2. The first-order valence-corrected chi connectivity index (χ1v) is 14.9. The van der Waals surface area contributed by atoms with Gasteiger partial charge in [0.1, 0.15) is 40.2 Å². The molecule has 2 heterocycles. The molecule has 2 aliphatic heterocycles. The molecule has 44 heavy (non-hydrogen) atoms. The van der Waals surface area contributed by atoms with Crippen molar-refractivity contribution in [3.63, 3.8) is 0 Å². The topological polar surface area (TPSA) is 220 Å². The second kappa shape index (κ2) is 13.1. The van der Waals surface area contributed by atoms with E-state index in [1.165, 1.54) is 66.2 Å². The molecule has 0 radical (unpaired) electrons. The van der Waals surface area contributed by atoms with Gasteiger partial charge >= 0.3 is 5.97 Å². The number of β-lactam (4-membered cyclic amide) rings is 1. The Bertz CT molecular complexity index is 1490. The highest BCUT2D eigenvalue weighted by atomic mass is 32.2. The first kappa shape index (κ1) is 32.6. The lowest BCUT2D eigenvalue weighted by Crippen LogP contribution is -2.71. The van der Waals surface area contributed by atoms with E-state index in [2.05, 4.69) is 20.7 Å². The van der Waals surface area contributed by atoms with Gasteiger partial charge < -0.3 is 31.1 Å². The van der Waals surface area contributed by atoms with Gasteiger partial charge in [-0.3, -0.25) is 29.3 Å². The SMILES string of the molecule is CNC(=O)C[C@@H](NSc1ccccc1[N+](=O)[O-])C(=O)N[C@@H](C(=O)N[C@@H]1C(=O)N2[C@@H]1SC(C)(C)[C@@H]2C(=O)O)c1ccc(O)cc1.